The van der Waals surface area contributed by atoms with Crippen LogP contribution in [0.1, 0.15) is 31.1 Å². The number of furan rings is 1. The first-order valence-electron chi connectivity index (χ1n) is 5.94. The molecule has 0 radical (unpaired) electrons. The smallest absolute Gasteiger partial charge is 0.125 e. The summed E-state index contributed by atoms with van der Waals surface area (Å²) in [6, 6.07) is 11.5. The van der Waals surface area contributed by atoms with Gasteiger partial charge in [0.25, 0.3) is 0 Å². The fourth-order valence-corrected chi connectivity index (χ4v) is 2.43. The van der Waals surface area contributed by atoms with Crippen molar-refractivity contribution < 1.29 is 8.63 Å². The van der Waals surface area contributed by atoms with E-state index in [2.05, 4.69) is 18.6 Å². The highest BCUT2D eigenvalue weighted by Gasteiger charge is 2.05. The van der Waals surface area contributed by atoms with E-state index in [1.165, 1.54) is 5.56 Å². The van der Waals surface area contributed by atoms with E-state index in [0.717, 1.165) is 10.7 Å². The summed E-state index contributed by atoms with van der Waals surface area (Å²) in [6.45, 7) is 4.74. The van der Waals surface area contributed by atoms with Crippen LogP contribution < -0.4 is 4.72 Å². The summed E-state index contributed by atoms with van der Waals surface area (Å²) in [5, 5.41) is 0. The lowest BCUT2D eigenvalue weighted by atomic mass is 10.0. The molecule has 18 heavy (non-hydrogen) atoms. The molecule has 0 fully saturated rings. The van der Waals surface area contributed by atoms with Gasteiger partial charge in [0.2, 0.25) is 0 Å². The number of hydrogen-bond donors (Lipinski definition) is 1. The summed E-state index contributed by atoms with van der Waals surface area (Å²) in [5.74, 6) is 1.27. The van der Waals surface area contributed by atoms with Crippen LogP contribution in [-0.2, 0) is 17.5 Å². The van der Waals surface area contributed by atoms with Gasteiger partial charge in [0.1, 0.15) is 16.7 Å². The van der Waals surface area contributed by atoms with Gasteiger partial charge >= 0.3 is 0 Å². The van der Waals surface area contributed by atoms with Gasteiger partial charge < -0.3 is 4.42 Å². The molecule has 0 spiro atoms. The number of benzene rings is 1. The predicted molar refractivity (Wildman–Crippen MR) is 72.5 cm³/mol. The Morgan fingerprint density at radius 3 is 2.50 bits per heavy atom. The molecule has 1 N–H and O–H groups in total. The molecule has 3 nitrogen and oxygen atoms in total. The molecule has 0 aliphatic carbocycles. The molecule has 0 bridgehead atoms. The van der Waals surface area contributed by atoms with E-state index >= 15 is 0 Å². The fraction of sp³-hybridized carbons (Fsp3) is 0.286. The zero-order valence-electron chi connectivity index (χ0n) is 10.6. The van der Waals surface area contributed by atoms with E-state index in [9.17, 15) is 4.21 Å². The SMILES string of the molecule is CC(C)c1ccc(S(=O)NCc2ccco2)cc1. The maximum atomic E-state index is 12.0. The van der Waals surface area contributed by atoms with Gasteiger partial charge in [-0.25, -0.2) is 8.93 Å². The van der Waals surface area contributed by atoms with Crippen molar-refractivity contribution in [3.63, 3.8) is 0 Å². The van der Waals surface area contributed by atoms with Crippen LogP contribution in [0.2, 0.25) is 0 Å². The number of nitrogens with one attached hydrogen (secondary N) is 1. The highest BCUT2D eigenvalue weighted by Crippen LogP contribution is 2.16. The van der Waals surface area contributed by atoms with Crippen molar-refractivity contribution in [3.05, 3.63) is 54.0 Å². The first-order chi connectivity index (χ1) is 8.66. The molecule has 4 heteroatoms. The third-order valence-corrected chi connectivity index (χ3v) is 3.83. The summed E-state index contributed by atoms with van der Waals surface area (Å²) in [6.07, 6.45) is 1.61. The molecule has 0 amide bonds. The molecule has 1 aromatic carbocycles. The Morgan fingerprint density at radius 2 is 1.94 bits per heavy atom. The lowest BCUT2D eigenvalue weighted by Gasteiger charge is -2.07. The normalized spacial score (nSPS) is 12.8. The summed E-state index contributed by atoms with van der Waals surface area (Å²) in [7, 11) is -1.20. The van der Waals surface area contributed by atoms with Crippen LogP contribution in [0, 0.1) is 0 Å². The lowest BCUT2D eigenvalue weighted by molar-refractivity contribution is 0.504. The van der Waals surface area contributed by atoms with Crippen molar-refractivity contribution in [2.24, 2.45) is 0 Å². The second kappa shape index (κ2) is 5.98. The van der Waals surface area contributed by atoms with E-state index in [4.69, 9.17) is 4.42 Å². The van der Waals surface area contributed by atoms with Crippen molar-refractivity contribution >= 4 is 11.0 Å². The van der Waals surface area contributed by atoms with E-state index in [1.807, 2.05) is 36.4 Å². The van der Waals surface area contributed by atoms with E-state index < -0.39 is 11.0 Å². The molecule has 0 saturated heterocycles. The first-order valence-corrected chi connectivity index (χ1v) is 7.09. The second-order valence-electron chi connectivity index (χ2n) is 4.39. The third kappa shape index (κ3) is 3.31. The van der Waals surface area contributed by atoms with Gasteiger partial charge in [-0.2, -0.15) is 0 Å². The number of hydrogen-bond acceptors (Lipinski definition) is 2. The molecule has 2 rings (SSSR count). The van der Waals surface area contributed by atoms with Gasteiger partial charge in [0.05, 0.1) is 17.7 Å². The maximum Gasteiger partial charge on any atom is 0.125 e. The Balaban J connectivity index is 1.96. The number of rotatable bonds is 5. The third-order valence-electron chi connectivity index (χ3n) is 2.72. The van der Waals surface area contributed by atoms with Crippen LogP contribution in [0.25, 0.3) is 0 Å². The van der Waals surface area contributed by atoms with Crippen LogP contribution in [0.4, 0.5) is 0 Å². The molecule has 0 aliphatic heterocycles. The molecular weight excluding hydrogens is 246 g/mol. The van der Waals surface area contributed by atoms with Crippen LogP contribution in [0.5, 0.6) is 0 Å². The van der Waals surface area contributed by atoms with Gasteiger partial charge in [0.15, 0.2) is 0 Å². The average Bonchev–Trinajstić information content (AvgIpc) is 2.89. The van der Waals surface area contributed by atoms with Gasteiger partial charge in [-0.05, 0) is 35.7 Å². The Hall–Kier alpha value is -1.39. The van der Waals surface area contributed by atoms with Crippen molar-refractivity contribution in [1.82, 2.24) is 4.72 Å². The Labute approximate surface area is 110 Å². The van der Waals surface area contributed by atoms with Crippen LogP contribution in [0.3, 0.4) is 0 Å². The highest BCUT2D eigenvalue weighted by molar-refractivity contribution is 7.83. The molecule has 1 aromatic heterocycles. The molecule has 1 atom stereocenters. The van der Waals surface area contributed by atoms with E-state index in [-0.39, 0.29) is 0 Å². The fourth-order valence-electron chi connectivity index (χ4n) is 1.61. The molecule has 1 unspecified atom stereocenters. The highest BCUT2D eigenvalue weighted by atomic mass is 32.2. The minimum Gasteiger partial charge on any atom is -0.468 e. The van der Waals surface area contributed by atoms with Crippen LogP contribution in [-0.4, -0.2) is 4.21 Å². The summed E-state index contributed by atoms with van der Waals surface area (Å²) >= 11 is 0. The predicted octanol–water partition coefficient (Wildman–Crippen LogP) is 3.22. The lowest BCUT2D eigenvalue weighted by Crippen LogP contribution is -2.16. The summed E-state index contributed by atoms with van der Waals surface area (Å²) < 4.78 is 20.1. The minimum atomic E-state index is -1.20. The van der Waals surface area contributed by atoms with Gasteiger partial charge in [-0.1, -0.05) is 26.0 Å². The quantitative estimate of drug-likeness (QED) is 0.900. The van der Waals surface area contributed by atoms with Crippen molar-refractivity contribution in [1.29, 1.82) is 0 Å². The monoisotopic (exact) mass is 263 g/mol. The van der Waals surface area contributed by atoms with Crippen molar-refractivity contribution in [3.8, 4) is 0 Å². The summed E-state index contributed by atoms with van der Waals surface area (Å²) in [4.78, 5) is 0.783. The maximum absolute atomic E-state index is 12.0. The molecular formula is C14H17NO2S. The molecule has 2 aromatic rings. The first kappa shape index (κ1) is 13.1. The second-order valence-corrected chi connectivity index (χ2v) is 5.69. The van der Waals surface area contributed by atoms with Gasteiger partial charge in [-0.15, -0.1) is 0 Å². The van der Waals surface area contributed by atoms with Gasteiger partial charge in [0, 0.05) is 0 Å². The van der Waals surface area contributed by atoms with Crippen molar-refractivity contribution in [2.75, 3.05) is 0 Å². The minimum absolute atomic E-state index is 0.464. The van der Waals surface area contributed by atoms with Crippen LogP contribution in [0.15, 0.2) is 52.0 Å². The van der Waals surface area contributed by atoms with E-state index in [1.54, 1.807) is 6.26 Å². The van der Waals surface area contributed by atoms with Crippen molar-refractivity contribution in [2.45, 2.75) is 31.2 Å². The Bertz CT molecular complexity index is 503. The topological polar surface area (TPSA) is 42.2 Å². The average molecular weight is 263 g/mol. The van der Waals surface area contributed by atoms with E-state index in [0.29, 0.717) is 12.5 Å². The summed E-state index contributed by atoms with van der Waals surface area (Å²) in [5.41, 5.74) is 1.25. The Morgan fingerprint density at radius 1 is 1.22 bits per heavy atom. The van der Waals surface area contributed by atoms with Gasteiger partial charge in [-0.3, -0.25) is 0 Å². The van der Waals surface area contributed by atoms with Crippen LogP contribution >= 0.6 is 0 Å². The molecule has 0 aliphatic rings. The molecule has 1 heterocycles. The largest absolute Gasteiger partial charge is 0.468 e. The molecule has 96 valence electrons. The zero-order chi connectivity index (χ0) is 13.0. The zero-order valence-corrected chi connectivity index (χ0v) is 11.4. The molecule has 0 saturated carbocycles. The Kier molecular flexibility index (Phi) is 4.33. The standard InChI is InChI=1S/C14H17NO2S/c1-11(2)12-5-7-14(8-6-12)18(16)15-10-13-4-3-9-17-13/h3-9,11,15H,10H2,1-2H3.